The van der Waals surface area contributed by atoms with Crippen LogP contribution in [0.25, 0.3) is 0 Å². The molecule has 0 aromatic carbocycles. The molecule has 2 N–H and O–H groups in total. The zero-order chi connectivity index (χ0) is 8.39. The Balaban J connectivity index is 2.44. The maximum atomic E-state index is 5.57. The van der Waals surface area contributed by atoms with Crippen molar-refractivity contribution in [3.63, 3.8) is 0 Å². The van der Waals surface area contributed by atoms with Crippen molar-refractivity contribution in [1.82, 2.24) is 9.97 Å². The zero-order valence-electron chi connectivity index (χ0n) is 6.79. The van der Waals surface area contributed by atoms with Gasteiger partial charge >= 0.3 is 0 Å². The van der Waals surface area contributed by atoms with Crippen molar-refractivity contribution in [3.05, 3.63) is 23.3 Å². The minimum Gasteiger partial charge on any atom is -0.325 e. The second kappa shape index (κ2) is 3.41. The molecule has 0 saturated heterocycles. The van der Waals surface area contributed by atoms with Crippen molar-refractivity contribution in [1.29, 1.82) is 0 Å². The summed E-state index contributed by atoms with van der Waals surface area (Å²) in [4.78, 5) is 8.41. The number of fused-ring (bicyclic) bond motifs is 1. The Morgan fingerprint density at radius 2 is 2.42 bits per heavy atom. The van der Waals surface area contributed by atoms with Gasteiger partial charge in [0.15, 0.2) is 0 Å². The molecule has 3 nitrogen and oxygen atoms in total. The standard InChI is InChI=1S/C8H11N3S/c9-3-8-6-4-12-2-1-7(6)10-5-11-8/h5H,1-4,9H2. The Bertz CT molecular complexity index is 273. The van der Waals surface area contributed by atoms with Crippen LogP contribution in [-0.2, 0) is 18.7 Å². The highest BCUT2D eigenvalue weighted by Gasteiger charge is 2.14. The summed E-state index contributed by atoms with van der Waals surface area (Å²) in [6.07, 6.45) is 2.69. The van der Waals surface area contributed by atoms with Crippen molar-refractivity contribution in [2.75, 3.05) is 5.75 Å². The van der Waals surface area contributed by atoms with Gasteiger partial charge < -0.3 is 5.73 Å². The number of rotatable bonds is 1. The number of nitrogens with zero attached hydrogens (tertiary/aromatic N) is 2. The molecule has 1 aliphatic heterocycles. The Hall–Kier alpha value is -0.610. The van der Waals surface area contributed by atoms with Crippen LogP contribution in [0.2, 0.25) is 0 Å². The fourth-order valence-corrected chi connectivity index (χ4v) is 2.41. The number of aromatic nitrogens is 2. The second-order valence-corrected chi connectivity index (χ2v) is 3.86. The Morgan fingerprint density at radius 3 is 3.25 bits per heavy atom. The molecule has 12 heavy (non-hydrogen) atoms. The average molecular weight is 181 g/mol. The van der Waals surface area contributed by atoms with E-state index in [9.17, 15) is 0 Å². The molecule has 0 saturated carbocycles. The minimum atomic E-state index is 0.533. The van der Waals surface area contributed by atoms with E-state index >= 15 is 0 Å². The topological polar surface area (TPSA) is 51.8 Å². The van der Waals surface area contributed by atoms with E-state index in [1.54, 1.807) is 6.33 Å². The summed E-state index contributed by atoms with van der Waals surface area (Å²) in [5.74, 6) is 2.21. The molecule has 2 rings (SSSR count). The van der Waals surface area contributed by atoms with E-state index in [0.29, 0.717) is 6.54 Å². The number of aryl methyl sites for hydroxylation is 1. The number of nitrogens with two attached hydrogens (primary N) is 1. The highest BCUT2D eigenvalue weighted by molar-refractivity contribution is 7.98. The lowest BCUT2D eigenvalue weighted by Crippen LogP contribution is -2.12. The van der Waals surface area contributed by atoms with E-state index in [0.717, 1.165) is 17.9 Å². The van der Waals surface area contributed by atoms with Crippen LogP contribution in [0.15, 0.2) is 6.33 Å². The van der Waals surface area contributed by atoms with Gasteiger partial charge in [0.2, 0.25) is 0 Å². The first-order chi connectivity index (χ1) is 5.92. The molecule has 0 bridgehead atoms. The van der Waals surface area contributed by atoms with E-state index in [1.165, 1.54) is 17.0 Å². The van der Waals surface area contributed by atoms with Gasteiger partial charge in [0.05, 0.1) is 5.69 Å². The lowest BCUT2D eigenvalue weighted by Gasteiger charge is -2.15. The molecule has 0 radical (unpaired) electrons. The molecule has 1 aromatic rings. The van der Waals surface area contributed by atoms with E-state index in [4.69, 9.17) is 5.73 Å². The highest BCUT2D eigenvalue weighted by Crippen LogP contribution is 2.24. The molecule has 1 aromatic heterocycles. The molecule has 4 heteroatoms. The van der Waals surface area contributed by atoms with Gasteiger partial charge in [-0.05, 0) is 12.2 Å². The van der Waals surface area contributed by atoms with Crippen molar-refractivity contribution in [2.45, 2.75) is 18.7 Å². The van der Waals surface area contributed by atoms with Gasteiger partial charge in [-0.1, -0.05) is 0 Å². The van der Waals surface area contributed by atoms with Gasteiger partial charge in [-0.2, -0.15) is 11.8 Å². The van der Waals surface area contributed by atoms with Gasteiger partial charge in [-0.3, -0.25) is 0 Å². The number of hydrogen-bond acceptors (Lipinski definition) is 4. The number of thioether (sulfide) groups is 1. The zero-order valence-corrected chi connectivity index (χ0v) is 7.60. The fraction of sp³-hybridized carbons (Fsp3) is 0.500. The maximum absolute atomic E-state index is 5.57. The van der Waals surface area contributed by atoms with Crippen LogP contribution >= 0.6 is 11.8 Å². The van der Waals surface area contributed by atoms with Crippen LogP contribution in [0.1, 0.15) is 17.0 Å². The molecule has 1 aliphatic rings. The van der Waals surface area contributed by atoms with E-state index in [-0.39, 0.29) is 0 Å². The fourth-order valence-electron chi connectivity index (χ4n) is 1.39. The normalized spacial score (nSPS) is 15.8. The molecule has 0 amide bonds. The first-order valence-corrected chi connectivity index (χ1v) is 5.16. The predicted molar refractivity (Wildman–Crippen MR) is 49.8 cm³/mol. The highest BCUT2D eigenvalue weighted by atomic mass is 32.2. The van der Waals surface area contributed by atoms with Crippen LogP contribution in [0.3, 0.4) is 0 Å². The van der Waals surface area contributed by atoms with Gasteiger partial charge in [-0.15, -0.1) is 0 Å². The van der Waals surface area contributed by atoms with E-state index in [1.807, 2.05) is 11.8 Å². The van der Waals surface area contributed by atoms with Gasteiger partial charge in [0.25, 0.3) is 0 Å². The summed E-state index contributed by atoms with van der Waals surface area (Å²) in [6.45, 7) is 0.533. The molecule has 0 fully saturated rings. The summed E-state index contributed by atoms with van der Waals surface area (Å²) in [7, 11) is 0. The molecule has 0 unspecified atom stereocenters. The maximum Gasteiger partial charge on any atom is 0.116 e. The van der Waals surface area contributed by atoms with Crippen molar-refractivity contribution in [2.24, 2.45) is 5.73 Å². The van der Waals surface area contributed by atoms with Gasteiger partial charge in [0, 0.05) is 23.6 Å². The third-order valence-electron chi connectivity index (χ3n) is 2.05. The van der Waals surface area contributed by atoms with Crippen LogP contribution < -0.4 is 5.73 Å². The molecular formula is C8H11N3S. The van der Waals surface area contributed by atoms with Crippen molar-refractivity contribution in [3.8, 4) is 0 Å². The second-order valence-electron chi connectivity index (χ2n) is 2.75. The van der Waals surface area contributed by atoms with Crippen molar-refractivity contribution >= 4 is 11.8 Å². The van der Waals surface area contributed by atoms with Crippen LogP contribution in [0, 0.1) is 0 Å². The molecule has 2 heterocycles. The molecule has 0 atom stereocenters. The van der Waals surface area contributed by atoms with E-state index < -0.39 is 0 Å². The Labute approximate surface area is 75.8 Å². The quantitative estimate of drug-likeness (QED) is 0.693. The Morgan fingerprint density at radius 1 is 1.50 bits per heavy atom. The van der Waals surface area contributed by atoms with Crippen molar-refractivity contribution < 1.29 is 0 Å². The first kappa shape index (κ1) is 8.01. The molecule has 0 aliphatic carbocycles. The van der Waals surface area contributed by atoms with Crippen LogP contribution in [0.5, 0.6) is 0 Å². The third kappa shape index (κ3) is 1.32. The summed E-state index contributed by atoms with van der Waals surface area (Å²) < 4.78 is 0. The first-order valence-electron chi connectivity index (χ1n) is 4.01. The summed E-state index contributed by atoms with van der Waals surface area (Å²) in [5.41, 5.74) is 9.07. The molecule has 0 spiro atoms. The summed E-state index contributed by atoms with van der Waals surface area (Å²) in [5, 5.41) is 0. The SMILES string of the molecule is NCc1ncnc2c1CSCC2. The molecule has 64 valence electrons. The van der Waals surface area contributed by atoms with Gasteiger partial charge in [-0.25, -0.2) is 9.97 Å². The predicted octanol–water partition coefficient (Wildman–Crippen LogP) is 0.725. The lowest BCUT2D eigenvalue weighted by atomic mass is 10.1. The monoisotopic (exact) mass is 181 g/mol. The lowest BCUT2D eigenvalue weighted by molar-refractivity contribution is 0.877. The van der Waals surface area contributed by atoms with Crippen LogP contribution in [-0.4, -0.2) is 15.7 Å². The third-order valence-corrected chi connectivity index (χ3v) is 3.03. The minimum absolute atomic E-state index is 0.533. The van der Waals surface area contributed by atoms with Gasteiger partial charge in [0.1, 0.15) is 6.33 Å². The average Bonchev–Trinajstić information content (AvgIpc) is 2.17. The van der Waals surface area contributed by atoms with E-state index in [2.05, 4.69) is 9.97 Å². The molecular weight excluding hydrogens is 170 g/mol. The summed E-state index contributed by atoms with van der Waals surface area (Å²) in [6, 6.07) is 0. The Kier molecular flexibility index (Phi) is 2.28. The van der Waals surface area contributed by atoms with Crippen LogP contribution in [0.4, 0.5) is 0 Å². The smallest absolute Gasteiger partial charge is 0.116 e. The largest absolute Gasteiger partial charge is 0.325 e. The summed E-state index contributed by atoms with van der Waals surface area (Å²) >= 11 is 1.93. The number of hydrogen-bond donors (Lipinski definition) is 1.